The fourth-order valence-corrected chi connectivity index (χ4v) is 2.12. The Bertz CT molecular complexity index is 246. The molecule has 0 radical (unpaired) electrons. The zero-order valence-electron chi connectivity index (χ0n) is 12.3. The second kappa shape index (κ2) is 8.31. The fraction of sp³-hybridized carbons (Fsp3) is 0.800. The Balaban J connectivity index is -0.000000245. The third-order valence-electron chi connectivity index (χ3n) is 3.31. The molecule has 0 spiro atoms. The smallest absolute Gasteiger partial charge is 1.00 e. The maximum absolute atomic E-state index is 11.0. The molecular formula is C10H18KLiO4. The molecule has 0 bridgehead atoms. The predicted molar refractivity (Wildman–Crippen MR) is 52.2 cm³/mol. The quantitative estimate of drug-likeness (QED) is 0.394. The Morgan fingerprint density at radius 3 is 1.81 bits per heavy atom. The first-order valence-corrected chi connectivity index (χ1v) is 4.96. The monoisotopic (exact) mass is 248 g/mol. The predicted octanol–water partition coefficient (Wildman–Crippen LogP) is -4.02. The Morgan fingerprint density at radius 1 is 1.12 bits per heavy atom. The molecule has 1 rings (SSSR count). The first-order valence-electron chi connectivity index (χ1n) is 4.96. The van der Waals surface area contributed by atoms with Gasteiger partial charge in [-0.15, -0.1) is 0 Å². The van der Waals surface area contributed by atoms with Crippen molar-refractivity contribution < 1.29 is 92.9 Å². The topological polar surface area (TPSA) is 74.6 Å². The van der Waals surface area contributed by atoms with Crippen LogP contribution < -0.4 is 70.2 Å². The van der Waals surface area contributed by atoms with Gasteiger partial charge in [-0.25, -0.2) is 0 Å². The normalized spacial score (nSPS) is 16.8. The van der Waals surface area contributed by atoms with Gasteiger partial charge >= 0.3 is 82.2 Å². The molecule has 0 aromatic carbocycles. The minimum absolute atomic E-state index is 0. The van der Waals surface area contributed by atoms with Gasteiger partial charge in [0.05, 0.1) is 0 Å². The van der Waals surface area contributed by atoms with E-state index in [4.69, 9.17) is 10.2 Å². The molecule has 1 saturated carbocycles. The van der Waals surface area contributed by atoms with Gasteiger partial charge in [0.1, 0.15) is 0 Å². The molecule has 6 heteroatoms. The number of hydrogen-bond acceptors (Lipinski definition) is 2. The number of carboxylic acids is 2. The molecule has 1 fully saturated rings. The zero-order chi connectivity index (χ0) is 10.8. The Morgan fingerprint density at radius 2 is 1.50 bits per heavy atom. The molecule has 0 aromatic rings. The molecule has 16 heavy (non-hydrogen) atoms. The molecule has 0 unspecified atom stereocenters. The Labute approximate surface area is 153 Å². The Hall–Kier alpha value is 1.17. The number of rotatable bonds is 3. The summed E-state index contributed by atoms with van der Waals surface area (Å²) in [5.74, 6) is -2.64. The van der Waals surface area contributed by atoms with Gasteiger partial charge in [0.25, 0.3) is 0 Å². The van der Waals surface area contributed by atoms with E-state index in [0.29, 0.717) is 0 Å². The van der Waals surface area contributed by atoms with Crippen molar-refractivity contribution in [2.75, 3.05) is 0 Å². The van der Waals surface area contributed by atoms with Crippen LogP contribution in [0.15, 0.2) is 0 Å². The van der Waals surface area contributed by atoms with Crippen molar-refractivity contribution in [1.82, 2.24) is 0 Å². The maximum atomic E-state index is 11.0. The van der Waals surface area contributed by atoms with E-state index in [-0.39, 0.29) is 79.0 Å². The van der Waals surface area contributed by atoms with Crippen molar-refractivity contribution in [3.63, 3.8) is 0 Å². The van der Waals surface area contributed by atoms with Gasteiger partial charge in [-0.3, -0.25) is 9.59 Å². The molecule has 2 N–H and O–H groups in total. The first-order chi connectivity index (χ1) is 6.49. The van der Waals surface area contributed by atoms with Crippen molar-refractivity contribution in [2.24, 2.45) is 11.3 Å². The molecule has 0 aliphatic heterocycles. The van der Waals surface area contributed by atoms with Crippen molar-refractivity contribution in [1.29, 1.82) is 0 Å². The average Bonchev–Trinajstić information content (AvgIpc) is 2.17. The van der Waals surface area contributed by atoms with Crippen LogP contribution in [0.1, 0.15) is 41.9 Å². The zero-order valence-corrected chi connectivity index (χ0v) is 13.4. The van der Waals surface area contributed by atoms with Gasteiger partial charge in [0.15, 0.2) is 5.41 Å². The summed E-state index contributed by atoms with van der Waals surface area (Å²) in [6, 6.07) is 0. The van der Waals surface area contributed by atoms with Crippen LogP contribution in [0.5, 0.6) is 0 Å². The van der Waals surface area contributed by atoms with Crippen molar-refractivity contribution in [3.05, 3.63) is 0 Å². The van der Waals surface area contributed by atoms with Crippen LogP contribution in [0.3, 0.4) is 0 Å². The van der Waals surface area contributed by atoms with Crippen LogP contribution in [-0.2, 0) is 9.59 Å². The van der Waals surface area contributed by atoms with Crippen LogP contribution in [0.4, 0.5) is 0 Å². The van der Waals surface area contributed by atoms with Gasteiger partial charge in [0.2, 0.25) is 0 Å². The fourth-order valence-electron chi connectivity index (χ4n) is 2.12. The Kier molecular flexibility index (Phi) is 10.1. The number of carbonyl (C=O) groups is 2. The summed E-state index contributed by atoms with van der Waals surface area (Å²) in [7, 11) is 0. The van der Waals surface area contributed by atoms with Crippen LogP contribution in [-0.4, -0.2) is 22.2 Å². The minimum atomic E-state index is -1.60. The summed E-state index contributed by atoms with van der Waals surface area (Å²) >= 11 is 0. The largest absolute Gasteiger partial charge is 1.00 e. The second-order valence-electron chi connectivity index (χ2n) is 4.15. The first kappa shape index (κ1) is 19.5. The number of carboxylic acid groups (broad SMARTS) is 2. The van der Waals surface area contributed by atoms with Gasteiger partial charge < -0.3 is 13.1 Å². The van der Waals surface area contributed by atoms with E-state index in [1.165, 1.54) is 6.92 Å². The van der Waals surface area contributed by atoms with E-state index in [0.717, 1.165) is 32.1 Å². The number of aliphatic carboxylic acids is 2. The molecule has 0 heterocycles. The molecule has 0 aromatic heterocycles. The summed E-state index contributed by atoms with van der Waals surface area (Å²) in [6.07, 6.45) is 4.41. The van der Waals surface area contributed by atoms with Crippen molar-refractivity contribution in [3.8, 4) is 0 Å². The van der Waals surface area contributed by atoms with E-state index in [1.807, 2.05) is 0 Å². The minimum Gasteiger partial charge on any atom is -1.00 e. The molecule has 1 aliphatic rings. The van der Waals surface area contributed by atoms with Crippen molar-refractivity contribution in [2.45, 2.75) is 39.0 Å². The molecule has 0 saturated heterocycles. The average molecular weight is 248 g/mol. The molecule has 0 atom stereocenters. The summed E-state index contributed by atoms with van der Waals surface area (Å²) in [6.45, 7) is 1.33. The molecule has 1 aliphatic carbocycles. The van der Waals surface area contributed by atoms with Gasteiger partial charge in [-0.05, 0) is 25.7 Å². The van der Waals surface area contributed by atoms with Crippen LogP contribution in [0, 0.1) is 11.3 Å². The van der Waals surface area contributed by atoms with Gasteiger partial charge in [0, 0.05) is 0 Å². The van der Waals surface area contributed by atoms with Crippen LogP contribution in [0.25, 0.3) is 0 Å². The summed E-state index contributed by atoms with van der Waals surface area (Å²) in [5.41, 5.74) is -1.60. The van der Waals surface area contributed by atoms with Crippen LogP contribution in [0.2, 0.25) is 0 Å². The van der Waals surface area contributed by atoms with E-state index >= 15 is 0 Å². The van der Waals surface area contributed by atoms with Crippen LogP contribution >= 0.6 is 0 Å². The SMILES string of the molecule is CC(C(=O)O)(C(=O)O)C1CCCCC1.[H-].[H-].[K+].[Li+]. The van der Waals surface area contributed by atoms with Gasteiger partial charge in [-0.1, -0.05) is 19.3 Å². The maximum Gasteiger partial charge on any atom is 1.00 e. The van der Waals surface area contributed by atoms with E-state index in [9.17, 15) is 9.59 Å². The standard InChI is InChI=1S/C10H16O4.K.Li.2H/c1-10(8(11)12,9(13)14)7-5-3-2-4-6-7;;;;/h7H,2-6H2,1H3,(H,11,12)(H,13,14);;;;/q;2*+1;2*-1. The molecule has 0 amide bonds. The van der Waals surface area contributed by atoms with Crippen molar-refractivity contribution >= 4 is 11.9 Å². The third-order valence-corrected chi connectivity index (χ3v) is 3.31. The molecular weight excluding hydrogens is 230 g/mol. The molecule has 4 nitrogen and oxygen atoms in total. The van der Waals surface area contributed by atoms with E-state index < -0.39 is 17.4 Å². The van der Waals surface area contributed by atoms with E-state index in [1.54, 1.807) is 0 Å². The summed E-state index contributed by atoms with van der Waals surface area (Å²) in [4.78, 5) is 22.0. The third kappa shape index (κ3) is 4.13. The summed E-state index contributed by atoms with van der Waals surface area (Å²) in [5, 5.41) is 17.9. The van der Waals surface area contributed by atoms with Gasteiger partial charge in [-0.2, -0.15) is 0 Å². The van der Waals surface area contributed by atoms with E-state index in [2.05, 4.69) is 0 Å². The molecule has 84 valence electrons. The number of hydrogen-bond donors (Lipinski definition) is 2. The second-order valence-corrected chi connectivity index (χ2v) is 4.15. The summed E-state index contributed by atoms with van der Waals surface area (Å²) < 4.78 is 0.